The molecule has 2 N–H and O–H groups in total. The summed E-state index contributed by atoms with van der Waals surface area (Å²) in [4.78, 5) is 16.1. The van der Waals surface area contributed by atoms with Gasteiger partial charge in [0, 0.05) is 37.8 Å². The van der Waals surface area contributed by atoms with Gasteiger partial charge in [0.1, 0.15) is 10.6 Å². The number of alkyl halides is 3. The minimum atomic E-state index is -4.64. The molecule has 1 aliphatic heterocycles. The molecule has 0 unspecified atom stereocenters. The third kappa shape index (κ3) is 4.97. The Morgan fingerprint density at radius 3 is 2.52 bits per heavy atom. The standard InChI is InChI=1S/C19H21F3N4O4S/c1-18(10-30-11-18)25-31(28,29)14-7-16(26(3)9-14)17(27)24-13-5-4-12(8-23-2)15(6-13)19(20,21)22/h4-9,25H,10-11H2,1-3H3,(H,24,27). The zero-order chi connectivity index (χ0) is 23.0. The lowest BCUT2D eigenvalue weighted by molar-refractivity contribution is -0.137. The maximum Gasteiger partial charge on any atom is 0.417 e. The quantitative estimate of drug-likeness (QED) is 0.649. The molecular formula is C19H21F3N4O4S. The van der Waals surface area contributed by atoms with Crippen LogP contribution in [0.25, 0.3) is 0 Å². The van der Waals surface area contributed by atoms with Crippen LogP contribution in [0.15, 0.2) is 40.4 Å². The second kappa shape index (κ2) is 8.09. The van der Waals surface area contributed by atoms with Crippen LogP contribution in [0.1, 0.15) is 28.5 Å². The molecule has 31 heavy (non-hydrogen) atoms. The van der Waals surface area contributed by atoms with Crippen molar-refractivity contribution in [2.75, 3.05) is 25.6 Å². The van der Waals surface area contributed by atoms with Crippen LogP contribution in [0.5, 0.6) is 0 Å². The number of aryl methyl sites for hydroxylation is 1. The van der Waals surface area contributed by atoms with Crippen LogP contribution in [-0.4, -0.2) is 50.9 Å². The maximum atomic E-state index is 13.3. The number of carbonyl (C=O) groups excluding carboxylic acids is 1. The number of benzene rings is 1. The highest BCUT2D eigenvalue weighted by Gasteiger charge is 2.38. The van der Waals surface area contributed by atoms with Gasteiger partial charge in [-0.05, 0) is 25.1 Å². The van der Waals surface area contributed by atoms with Gasteiger partial charge in [0.25, 0.3) is 5.91 Å². The fourth-order valence-corrected chi connectivity index (χ4v) is 4.53. The van der Waals surface area contributed by atoms with Gasteiger partial charge in [-0.1, -0.05) is 6.07 Å². The summed E-state index contributed by atoms with van der Waals surface area (Å²) in [5.41, 5.74) is -1.95. The predicted octanol–water partition coefficient (Wildman–Crippen LogP) is 2.41. The molecule has 3 rings (SSSR count). The van der Waals surface area contributed by atoms with E-state index in [1.807, 2.05) is 0 Å². The minimum Gasteiger partial charge on any atom is -0.377 e. The number of nitrogens with zero attached hydrogens (tertiary/aromatic N) is 2. The molecule has 8 nitrogen and oxygen atoms in total. The lowest BCUT2D eigenvalue weighted by Crippen LogP contribution is -2.59. The van der Waals surface area contributed by atoms with E-state index in [2.05, 4.69) is 15.0 Å². The predicted molar refractivity (Wildman–Crippen MR) is 108 cm³/mol. The van der Waals surface area contributed by atoms with Crippen molar-refractivity contribution in [3.8, 4) is 0 Å². The van der Waals surface area contributed by atoms with Crippen LogP contribution in [0.4, 0.5) is 18.9 Å². The minimum absolute atomic E-state index is 0.0388. The number of ether oxygens (including phenoxy) is 1. The van der Waals surface area contributed by atoms with Gasteiger partial charge in [0.15, 0.2) is 0 Å². The van der Waals surface area contributed by atoms with Crippen molar-refractivity contribution in [2.24, 2.45) is 12.0 Å². The molecule has 0 atom stereocenters. The number of amides is 1. The first-order valence-electron chi connectivity index (χ1n) is 9.07. The number of sulfonamides is 1. The number of aromatic nitrogens is 1. The Bertz CT molecular complexity index is 1140. The van der Waals surface area contributed by atoms with Crippen molar-refractivity contribution in [2.45, 2.75) is 23.5 Å². The van der Waals surface area contributed by atoms with Crippen molar-refractivity contribution < 1.29 is 31.1 Å². The van der Waals surface area contributed by atoms with Gasteiger partial charge in [-0.15, -0.1) is 0 Å². The monoisotopic (exact) mass is 458 g/mol. The molecule has 2 aromatic rings. The summed E-state index contributed by atoms with van der Waals surface area (Å²) in [6, 6.07) is 4.46. The largest absolute Gasteiger partial charge is 0.417 e. The van der Waals surface area contributed by atoms with Gasteiger partial charge >= 0.3 is 6.18 Å². The smallest absolute Gasteiger partial charge is 0.377 e. The van der Waals surface area contributed by atoms with Gasteiger partial charge in [-0.25, -0.2) is 13.1 Å². The highest BCUT2D eigenvalue weighted by Crippen LogP contribution is 2.33. The van der Waals surface area contributed by atoms with E-state index < -0.39 is 33.2 Å². The van der Waals surface area contributed by atoms with E-state index in [1.165, 1.54) is 37.0 Å². The molecule has 0 saturated carbocycles. The summed E-state index contributed by atoms with van der Waals surface area (Å²) in [6.45, 7) is 2.15. The number of halogens is 3. The molecule has 0 bridgehead atoms. The molecule has 1 fully saturated rings. The van der Waals surface area contributed by atoms with Crippen molar-refractivity contribution in [3.05, 3.63) is 47.3 Å². The summed E-state index contributed by atoms with van der Waals surface area (Å²) in [5.74, 6) is -0.757. The van der Waals surface area contributed by atoms with Gasteiger partial charge in [0.2, 0.25) is 10.0 Å². The van der Waals surface area contributed by atoms with Gasteiger partial charge in [0.05, 0.1) is 24.3 Å². The third-order valence-corrected chi connectivity index (χ3v) is 6.23. The van der Waals surface area contributed by atoms with Crippen LogP contribution in [0.2, 0.25) is 0 Å². The maximum absolute atomic E-state index is 13.3. The number of carbonyl (C=O) groups is 1. The molecule has 1 aromatic carbocycles. The number of anilines is 1. The van der Waals surface area contributed by atoms with E-state index in [9.17, 15) is 26.4 Å². The Labute approximate surface area is 177 Å². The zero-order valence-electron chi connectivity index (χ0n) is 16.9. The Morgan fingerprint density at radius 1 is 1.29 bits per heavy atom. The second-order valence-corrected chi connectivity index (χ2v) is 9.15. The first-order chi connectivity index (χ1) is 14.3. The number of nitrogens with one attached hydrogen (secondary N) is 2. The number of aliphatic imine (C=N–C) groups is 1. The fourth-order valence-electron chi connectivity index (χ4n) is 3.08. The first-order valence-corrected chi connectivity index (χ1v) is 10.6. The van der Waals surface area contributed by atoms with E-state index in [1.54, 1.807) is 6.92 Å². The third-order valence-electron chi connectivity index (χ3n) is 4.63. The van der Waals surface area contributed by atoms with Gasteiger partial charge in [-0.2, -0.15) is 13.2 Å². The van der Waals surface area contributed by atoms with E-state index in [0.29, 0.717) is 0 Å². The van der Waals surface area contributed by atoms with E-state index in [-0.39, 0.29) is 35.1 Å². The van der Waals surface area contributed by atoms with Gasteiger partial charge < -0.3 is 14.6 Å². The van der Waals surface area contributed by atoms with Crippen molar-refractivity contribution in [3.63, 3.8) is 0 Å². The molecule has 1 saturated heterocycles. The van der Waals surface area contributed by atoms with Crippen molar-refractivity contribution in [1.82, 2.24) is 9.29 Å². The fraction of sp³-hybridized carbons (Fsp3) is 0.368. The second-order valence-electron chi connectivity index (χ2n) is 7.47. The van der Waals surface area contributed by atoms with E-state index >= 15 is 0 Å². The Morgan fingerprint density at radius 2 is 1.97 bits per heavy atom. The van der Waals surface area contributed by atoms with Crippen LogP contribution in [-0.2, 0) is 28.0 Å². The Hall–Kier alpha value is -2.70. The summed E-state index contributed by atoms with van der Waals surface area (Å²) in [5, 5.41) is 2.38. The Balaban J connectivity index is 1.85. The molecule has 2 heterocycles. The summed E-state index contributed by atoms with van der Waals surface area (Å²) < 4.78 is 74.0. The molecule has 1 aliphatic rings. The summed E-state index contributed by atoms with van der Waals surface area (Å²) >= 11 is 0. The van der Waals surface area contributed by atoms with Crippen molar-refractivity contribution >= 4 is 27.8 Å². The molecule has 168 valence electrons. The molecule has 12 heteroatoms. The lowest BCUT2D eigenvalue weighted by atomic mass is 10.0. The number of hydrogen-bond donors (Lipinski definition) is 2. The molecule has 1 amide bonds. The summed E-state index contributed by atoms with van der Waals surface area (Å²) in [7, 11) is -1.11. The highest BCUT2D eigenvalue weighted by atomic mass is 32.2. The highest BCUT2D eigenvalue weighted by molar-refractivity contribution is 7.89. The van der Waals surface area contributed by atoms with Gasteiger partial charge in [-0.3, -0.25) is 9.79 Å². The first kappa shape index (κ1) is 23.0. The van der Waals surface area contributed by atoms with E-state index in [4.69, 9.17) is 4.74 Å². The molecule has 0 radical (unpaired) electrons. The van der Waals surface area contributed by atoms with Crippen LogP contribution in [0, 0.1) is 0 Å². The summed E-state index contributed by atoms with van der Waals surface area (Å²) in [6.07, 6.45) is -2.32. The number of hydrogen-bond acceptors (Lipinski definition) is 5. The molecule has 1 aromatic heterocycles. The van der Waals surface area contributed by atoms with Crippen LogP contribution in [0.3, 0.4) is 0 Å². The van der Waals surface area contributed by atoms with Crippen molar-refractivity contribution in [1.29, 1.82) is 0 Å². The molecule has 0 spiro atoms. The van der Waals surface area contributed by atoms with E-state index in [0.717, 1.165) is 18.3 Å². The average molecular weight is 458 g/mol. The normalized spacial score (nSPS) is 16.3. The SMILES string of the molecule is CN=Cc1ccc(NC(=O)c2cc(S(=O)(=O)NC3(C)COC3)cn2C)cc1C(F)(F)F. The average Bonchev–Trinajstić information content (AvgIpc) is 3.03. The molecule has 0 aliphatic carbocycles. The zero-order valence-corrected chi connectivity index (χ0v) is 17.8. The van der Waals surface area contributed by atoms with Crippen LogP contribution >= 0.6 is 0 Å². The van der Waals surface area contributed by atoms with Crippen LogP contribution < -0.4 is 10.0 Å². The number of rotatable bonds is 6. The lowest BCUT2D eigenvalue weighted by Gasteiger charge is -2.38. The molecular weight excluding hydrogens is 437 g/mol. The topological polar surface area (TPSA) is 102 Å². The Kier molecular flexibility index (Phi) is 6.00.